The van der Waals surface area contributed by atoms with E-state index < -0.39 is 0 Å². The third kappa shape index (κ3) is 2.63. The van der Waals surface area contributed by atoms with Gasteiger partial charge in [0.1, 0.15) is 6.04 Å². The molecule has 6 heteroatoms. The highest BCUT2D eigenvalue weighted by atomic mass is 16.5. The number of rotatable bonds is 4. The maximum absolute atomic E-state index is 13.1. The SMILES string of the molecule is CCc1ccccc1N1C(=O)C(C)N2Cc3cc(OC)c(OC)cc3N=C12. The Morgan fingerprint density at radius 3 is 2.56 bits per heavy atom. The van der Waals surface area contributed by atoms with Gasteiger partial charge in [0.05, 0.1) is 25.6 Å². The topological polar surface area (TPSA) is 54.4 Å². The van der Waals surface area contributed by atoms with Gasteiger partial charge in [0.2, 0.25) is 5.96 Å². The lowest BCUT2D eigenvalue weighted by molar-refractivity contribution is -0.119. The van der Waals surface area contributed by atoms with Gasteiger partial charge in [-0.1, -0.05) is 25.1 Å². The number of nitrogens with zero attached hydrogens (tertiary/aromatic N) is 3. The van der Waals surface area contributed by atoms with Gasteiger partial charge >= 0.3 is 0 Å². The summed E-state index contributed by atoms with van der Waals surface area (Å²) in [6.07, 6.45) is 0.850. The maximum Gasteiger partial charge on any atom is 0.256 e. The smallest absolute Gasteiger partial charge is 0.256 e. The Morgan fingerprint density at radius 1 is 1.15 bits per heavy atom. The van der Waals surface area contributed by atoms with Crippen molar-refractivity contribution in [2.75, 3.05) is 19.1 Å². The van der Waals surface area contributed by atoms with E-state index in [-0.39, 0.29) is 11.9 Å². The first-order chi connectivity index (χ1) is 13.1. The largest absolute Gasteiger partial charge is 0.493 e. The van der Waals surface area contributed by atoms with Gasteiger partial charge in [0.15, 0.2) is 11.5 Å². The molecule has 1 atom stereocenters. The normalized spacial score (nSPS) is 18.1. The van der Waals surface area contributed by atoms with Gasteiger partial charge in [-0.05, 0) is 31.0 Å². The summed E-state index contributed by atoms with van der Waals surface area (Å²) in [7, 11) is 3.23. The van der Waals surface area contributed by atoms with Gasteiger partial charge in [0.25, 0.3) is 5.91 Å². The number of hydrogen-bond acceptors (Lipinski definition) is 5. The second-order valence-corrected chi connectivity index (χ2v) is 6.71. The van der Waals surface area contributed by atoms with E-state index in [9.17, 15) is 4.79 Å². The molecule has 0 aromatic heterocycles. The van der Waals surface area contributed by atoms with Crippen LogP contribution in [-0.2, 0) is 17.8 Å². The minimum Gasteiger partial charge on any atom is -0.493 e. The van der Waals surface area contributed by atoms with Crippen LogP contribution < -0.4 is 14.4 Å². The number of carbonyl (C=O) groups excluding carboxylic acids is 1. The fourth-order valence-corrected chi connectivity index (χ4v) is 3.73. The highest BCUT2D eigenvalue weighted by Crippen LogP contribution is 2.40. The molecule has 4 rings (SSSR count). The zero-order valence-corrected chi connectivity index (χ0v) is 16.0. The van der Waals surface area contributed by atoms with E-state index in [2.05, 4.69) is 13.0 Å². The van der Waals surface area contributed by atoms with E-state index >= 15 is 0 Å². The second-order valence-electron chi connectivity index (χ2n) is 6.71. The van der Waals surface area contributed by atoms with Gasteiger partial charge < -0.3 is 14.4 Å². The minimum absolute atomic E-state index is 0.0430. The third-order valence-electron chi connectivity index (χ3n) is 5.26. The van der Waals surface area contributed by atoms with Crippen molar-refractivity contribution in [2.24, 2.45) is 4.99 Å². The molecule has 1 fully saturated rings. The Kier molecular flexibility index (Phi) is 4.26. The molecule has 2 aliphatic rings. The van der Waals surface area contributed by atoms with Gasteiger partial charge in [-0.15, -0.1) is 0 Å². The Balaban J connectivity index is 1.86. The predicted octanol–water partition coefficient (Wildman–Crippen LogP) is 3.50. The van der Waals surface area contributed by atoms with Crippen LogP contribution in [0.15, 0.2) is 41.4 Å². The molecule has 0 N–H and O–H groups in total. The van der Waals surface area contributed by atoms with Crippen LogP contribution in [0.5, 0.6) is 11.5 Å². The number of aryl methyl sites for hydroxylation is 1. The Hall–Kier alpha value is -3.02. The van der Waals surface area contributed by atoms with Crippen molar-refractivity contribution in [3.8, 4) is 11.5 Å². The van der Waals surface area contributed by atoms with Crippen molar-refractivity contribution in [2.45, 2.75) is 32.9 Å². The summed E-state index contributed by atoms with van der Waals surface area (Å²) < 4.78 is 10.8. The molecule has 0 spiro atoms. The van der Waals surface area contributed by atoms with Crippen molar-refractivity contribution in [1.82, 2.24) is 4.90 Å². The Morgan fingerprint density at radius 2 is 1.85 bits per heavy atom. The summed E-state index contributed by atoms with van der Waals surface area (Å²) in [5.74, 6) is 2.02. The Labute approximate surface area is 159 Å². The number of para-hydroxylation sites is 1. The summed E-state index contributed by atoms with van der Waals surface area (Å²) in [4.78, 5) is 21.7. The molecule has 2 aliphatic heterocycles. The molecule has 0 radical (unpaired) electrons. The fraction of sp³-hybridized carbons (Fsp3) is 0.333. The van der Waals surface area contributed by atoms with Crippen molar-refractivity contribution in [1.29, 1.82) is 0 Å². The summed E-state index contributed by atoms with van der Waals surface area (Å²) >= 11 is 0. The Bertz CT molecular complexity index is 938. The lowest BCUT2D eigenvalue weighted by Gasteiger charge is -2.29. The molecular weight excluding hydrogens is 342 g/mol. The summed E-state index contributed by atoms with van der Waals surface area (Å²) in [5, 5.41) is 0. The first-order valence-electron chi connectivity index (χ1n) is 9.11. The van der Waals surface area contributed by atoms with Gasteiger partial charge in [-0.2, -0.15) is 0 Å². The average molecular weight is 365 g/mol. The molecule has 1 saturated heterocycles. The van der Waals surface area contributed by atoms with Crippen LogP contribution in [0.25, 0.3) is 0 Å². The van der Waals surface area contributed by atoms with Crippen LogP contribution in [0.4, 0.5) is 11.4 Å². The molecule has 1 amide bonds. The zero-order valence-electron chi connectivity index (χ0n) is 16.0. The number of fused-ring (bicyclic) bond motifs is 2. The zero-order chi connectivity index (χ0) is 19.1. The van der Waals surface area contributed by atoms with Crippen LogP contribution in [0.1, 0.15) is 25.0 Å². The van der Waals surface area contributed by atoms with Crippen molar-refractivity contribution >= 4 is 23.2 Å². The second kappa shape index (κ2) is 6.61. The van der Waals surface area contributed by atoms with Gasteiger partial charge in [0, 0.05) is 18.2 Å². The quantitative estimate of drug-likeness (QED) is 0.832. The van der Waals surface area contributed by atoms with E-state index in [0.717, 1.165) is 28.9 Å². The van der Waals surface area contributed by atoms with E-state index in [0.29, 0.717) is 24.0 Å². The van der Waals surface area contributed by atoms with Crippen LogP contribution in [0.3, 0.4) is 0 Å². The molecule has 6 nitrogen and oxygen atoms in total. The van der Waals surface area contributed by atoms with Crippen LogP contribution in [0, 0.1) is 0 Å². The predicted molar refractivity (Wildman–Crippen MR) is 105 cm³/mol. The monoisotopic (exact) mass is 365 g/mol. The molecule has 27 heavy (non-hydrogen) atoms. The number of guanidine groups is 1. The first kappa shape index (κ1) is 17.4. The summed E-state index contributed by atoms with van der Waals surface area (Å²) in [5.41, 5.74) is 3.85. The van der Waals surface area contributed by atoms with Crippen LogP contribution >= 0.6 is 0 Å². The molecule has 140 valence electrons. The molecule has 1 unspecified atom stereocenters. The van der Waals surface area contributed by atoms with Crippen LogP contribution in [0.2, 0.25) is 0 Å². The number of benzene rings is 2. The van der Waals surface area contributed by atoms with E-state index in [1.165, 1.54) is 0 Å². The lowest BCUT2D eigenvalue weighted by Crippen LogP contribution is -2.37. The molecule has 0 saturated carbocycles. The molecule has 2 aromatic rings. The number of aliphatic imine (C=N–C) groups is 1. The molecular formula is C21H23N3O3. The number of methoxy groups -OCH3 is 2. The summed E-state index contributed by atoms with van der Waals surface area (Å²) in [6, 6.07) is 11.5. The molecule has 2 aromatic carbocycles. The molecule has 0 aliphatic carbocycles. The lowest BCUT2D eigenvalue weighted by atomic mass is 10.1. The highest BCUT2D eigenvalue weighted by Gasteiger charge is 2.44. The van der Waals surface area contributed by atoms with Crippen molar-refractivity contribution in [3.63, 3.8) is 0 Å². The number of amides is 1. The van der Waals surface area contributed by atoms with E-state index in [1.807, 2.05) is 42.2 Å². The van der Waals surface area contributed by atoms with Crippen LogP contribution in [-0.4, -0.2) is 37.0 Å². The van der Waals surface area contributed by atoms with Gasteiger partial charge in [-0.25, -0.2) is 9.89 Å². The molecule has 2 heterocycles. The third-order valence-corrected chi connectivity index (χ3v) is 5.26. The van der Waals surface area contributed by atoms with E-state index in [1.54, 1.807) is 19.1 Å². The number of hydrogen-bond donors (Lipinski definition) is 0. The van der Waals surface area contributed by atoms with E-state index in [4.69, 9.17) is 14.5 Å². The average Bonchev–Trinajstić information content (AvgIpc) is 2.94. The van der Waals surface area contributed by atoms with Crippen molar-refractivity contribution in [3.05, 3.63) is 47.5 Å². The van der Waals surface area contributed by atoms with Gasteiger partial charge in [-0.3, -0.25) is 4.79 Å². The maximum atomic E-state index is 13.1. The number of anilines is 1. The minimum atomic E-state index is -0.269. The fourth-order valence-electron chi connectivity index (χ4n) is 3.73. The molecule has 0 bridgehead atoms. The standard InChI is InChI=1S/C21H23N3O3/c1-5-14-8-6-7-9-17(14)24-20(25)13(2)23-12-15-10-18(26-3)19(27-4)11-16(15)22-21(23)24/h6-11,13H,5,12H2,1-4H3. The summed E-state index contributed by atoms with van der Waals surface area (Å²) in [6.45, 7) is 4.63. The first-order valence-corrected chi connectivity index (χ1v) is 9.11. The number of carbonyl (C=O) groups is 1. The highest BCUT2D eigenvalue weighted by molar-refractivity contribution is 6.24. The van der Waals surface area contributed by atoms with Crippen molar-refractivity contribution < 1.29 is 14.3 Å². The number of ether oxygens (including phenoxy) is 2.